The highest BCUT2D eigenvalue weighted by molar-refractivity contribution is 7.17. The molecule has 25 heavy (non-hydrogen) atoms. The average molecular weight is 398 g/mol. The maximum atomic E-state index is 12.4. The number of carbonyl (C=O) groups excluding carboxylic acids is 1. The van der Waals surface area contributed by atoms with Gasteiger partial charge >= 0.3 is 0 Å². The summed E-state index contributed by atoms with van der Waals surface area (Å²) in [7, 11) is 1.74. The Kier molecular flexibility index (Phi) is 5.22. The second-order valence-electron chi connectivity index (χ2n) is 5.75. The number of carbonyl (C=O) groups is 1. The summed E-state index contributed by atoms with van der Waals surface area (Å²) in [5.74, 6) is 0.288. The van der Waals surface area contributed by atoms with Crippen LogP contribution in [0.5, 0.6) is 5.75 Å². The number of hydrogen-bond donors (Lipinski definition) is 0. The van der Waals surface area contributed by atoms with E-state index >= 15 is 0 Å². The van der Waals surface area contributed by atoms with E-state index in [0.29, 0.717) is 22.3 Å². The van der Waals surface area contributed by atoms with Gasteiger partial charge in [0.05, 0.1) is 23.0 Å². The van der Waals surface area contributed by atoms with Crippen molar-refractivity contribution < 1.29 is 9.53 Å². The van der Waals surface area contributed by atoms with Gasteiger partial charge in [-0.2, -0.15) is 0 Å². The van der Waals surface area contributed by atoms with E-state index in [1.807, 2.05) is 24.4 Å². The second kappa shape index (κ2) is 7.23. The normalized spacial score (nSPS) is 11.1. The van der Waals surface area contributed by atoms with Crippen LogP contribution >= 0.6 is 34.5 Å². The molecule has 0 saturated heterocycles. The van der Waals surface area contributed by atoms with E-state index in [0.717, 1.165) is 16.3 Å². The van der Waals surface area contributed by atoms with Crippen LogP contribution < -0.4 is 4.74 Å². The summed E-state index contributed by atoms with van der Waals surface area (Å²) in [4.78, 5) is 20.7. The van der Waals surface area contributed by atoms with Crippen molar-refractivity contribution in [1.29, 1.82) is 0 Å². The molecule has 3 aromatic rings. The number of fused-ring (bicyclic) bond motifs is 1. The first-order valence-corrected chi connectivity index (χ1v) is 9.18. The third-order valence-corrected chi connectivity index (χ3v) is 5.23. The summed E-state index contributed by atoms with van der Waals surface area (Å²) in [6, 6.07) is 4.90. The smallest absolute Gasteiger partial charge is 0.260 e. The predicted octanol–water partition coefficient (Wildman–Crippen LogP) is 4.36. The largest absolute Gasteiger partial charge is 0.482 e. The molecule has 0 N–H and O–H groups in total. The molecule has 0 radical (unpaired) electrons. The number of rotatable bonds is 5. The Balaban J connectivity index is 1.66. The molecular weight excluding hydrogens is 381 g/mol. The van der Waals surface area contributed by atoms with Crippen LogP contribution in [0.4, 0.5) is 0 Å². The van der Waals surface area contributed by atoms with Gasteiger partial charge in [0.15, 0.2) is 11.6 Å². The number of hydrogen-bond acceptors (Lipinski definition) is 4. The van der Waals surface area contributed by atoms with Crippen LogP contribution in [0, 0.1) is 13.8 Å². The van der Waals surface area contributed by atoms with Crippen molar-refractivity contribution >= 4 is 45.4 Å². The van der Waals surface area contributed by atoms with Crippen molar-refractivity contribution in [3.05, 3.63) is 50.7 Å². The Hall–Kier alpha value is -1.76. The van der Waals surface area contributed by atoms with Gasteiger partial charge in [-0.05, 0) is 32.0 Å². The molecule has 0 aliphatic rings. The van der Waals surface area contributed by atoms with Crippen LogP contribution in [0.3, 0.4) is 0 Å². The van der Waals surface area contributed by atoms with Crippen LogP contribution in [0.25, 0.3) is 4.96 Å². The highest BCUT2D eigenvalue weighted by Gasteiger charge is 2.17. The zero-order valence-corrected chi connectivity index (χ0v) is 16.4. The van der Waals surface area contributed by atoms with Crippen molar-refractivity contribution in [2.75, 3.05) is 13.7 Å². The van der Waals surface area contributed by atoms with E-state index in [1.54, 1.807) is 41.5 Å². The number of thiazole rings is 1. The van der Waals surface area contributed by atoms with Crippen molar-refractivity contribution in [1.82, 2.24) is 14.3 Å². The fraction of sp³-hybridized carbons (Fsp3) is 0.294. The van der Waals surface area contributed by atoms with E-state index < -0.39 is 0 Å². The molecule has 1 aromatic carbocycles. The minimum absolute atomic E-state index is 0.0957. The minimum Gasteiger partial charge on any atom is -0.482 e. The van der Waals surface area contributed by atoms with Crippen molar-refractivity contribution in [2.45, 2.75) is 20.4 Å². The van der Waals surface area contributed by atoms with Gasteiger partial charge in [-0.1, -0.05) is 23.2 Å². The summed E-state index contributed by atoms with van der Waals surface area (Å²) in [5.41, 5.74) is 1.92. The molecule has 5 nitrogen and oxygen atoms in total. The molecule has 0 bridgehead atoms. The summed E-state index contributed by atoms with van der Waals surface area (Å²) in [6.45, 7) is 4.35. The molecule has 0 aliphatic heterocycles. The van der Waals surface area contributed by atoms with E-state index in [9.17, 15) is 4.79 Å². The van der Waals surface area contributed by atoms with Crippen LogP contribution in [0.2, 0.25) is 10.0 Å². The Labute approximate surface area is 159 Å². The van der Waals surface area contributed by atoms with Gasteiger partial charge in [0.25, 0.3) is 5.91 Å². The van der Waals surface area contributed by atoms with Gasteiger partial charge in [0.1, 0.15) is 5.75 Å². The third-order valence-electron chi connectivity index (χ3n) is 3.80. The lowest BCUT2D eigenvalue weighted by Gasteiger charge is -2.18. The number of amides is 1. The molecule has 0 atom stereocenters. The van der Waals surface area contributed by atoms with Crippen LogP contribution in [0.15, 0.2) is 24.4 Å². The van der Waals surface area contributed by atoms with Gasteiger partial charge in [0, 0.05) is 23.1 Å². The van der Waals surface area contributed by atoms with Gasteiger partial charge < -0.3 is 9.64 Å². The highest BCUT2D eigenvalue weighted by Crippen LogP contribution is 2.27. The maximum absolute atomic E-state index is 12.4. The summed E-state index contributed by atoms with van der Waals surface area (Å²) in [5, 5.41) is 0.900. The molecule has 3 rings (SSSR count). The molecule has 2 heterocycles. The summed E-state index contributed by atoms with van der Waals surface area (Å²) >= 11 is 13.5. The molecule has 132 valence electrons. The lowest BCUT2D eigenvalue weighted by molar-refractivity contribution is -0.132. The lowest BCUT2D eigenvalue weighted by atomic mass is 10.3. The van der Waals surface area contributed by atoms with E-state index in [-0.39, 0.29) is 12.5 Å². The number of ether oxygens (including phenoxy) is 1. The summed E-state index contributed by atoms with van der Waals surface area (Å²) in [6.07, 6.45) is 2.04. The van der Waals surface area contributed by atoms with Crippen LogP contribution in [-0.2, 0) is 11.3 Å². The van der Waals surface area contributed by atoms with Gasteiger partial charge in [-0.25, -0.2) is 4.98 Å². The van der Waals surface area contributed by atoms with Gasteiger partial charge in [0.2, 0.25) is 0 Å². The Bertz CT molecular complexity index is 936. The molecule has 0 aliphatic carbocycles. The van der Waals surface area contributed by atoms with Crippen molar-refractivity contribution in [3.8, 4) is 5.75 Å². The van der Waals surface area contributed by atoms with Crippen molar-refractivity contribution in [2.24, 2.45) is 0 Å². The average Bonchev–Trinajstić information content (AvgIpc) is 3.03. The Morgan fingerprint density at radius 2 is 2.12 bits per heavy atom. The number of imidazole rings is 1. The van der Waals surface area contributed by atoms with Crippen LogP contribution in [-0.4, -0.2) is 33.8 Å². The SMILES string of the molecule is Cc1cn2c(CN(C)C(=O)COc3ccc(Cl)cc3Cl)c(C)nc2s1. The Morgan fingerprint density at radius 1 is 1.36 bits per heavy atom. The first-order valence-electron chi connectivity index (χ1n) is 7.61. The van der Waals surface area contributed by atoms with Gasteiger partial charge in [-0.15, -0.1) is 11.3 Å². The molecular formula is C17H17Cl2N3O2S. The first-order chi connectivity index (χ1) is 11.8. The predicted molar refractivity (Wildman–Crippen MR) is 101 cm³/mol. The topological polar surface area (TPSA) is 46.8 Å². The van der Waals surface area contributed by atoms with Crippen LogP contribution in [0.1, 0.15) is 16.3 Å². The number of aryl methyl sites for hydroxylation is 2. The van der Waals surface area contributed by atoms with Crippen molar-refractivity contribution in [3.63, 3.8) is 0 Å². The number of nitrogens with zero attached hydrogens (tertiary/aromatic N) is 3. The lowest BCUT2D eigenvalue weighted by Crippen LogP contribution is -2.31. The molecule has 1 amide bonds. The van der Waals surface area contributed by atoms with E-state index in [1.165, 1.54) is 4.88 Å². The van der Waals surface area contributed by atoms with E-state index in [4.69, 9.17) is 27.9 Å². The standard InChI is InChI=1S/C17H17Cl2N3O2S/c1-10-7-22-14(11(2)20-17(22)25-10)8-21(3)16(23)9-24-15-5-4-12(18)6-13(15)19/h4-7H,8-9H2,1-3H3. The molecule has 0 unspecified atom stereocenters. The monoisotopic (exact) mass is 397 g/mol. The van der Waals surface area contributed by atoms with E-state index in [2.05, 4.69) is 4.98 Å². The molecule has 0 saturated carbocycles. The zero-order valence-electron chi connectivity index (χ0n) is 14.0. The Morgan fingerprint density at radius 3 is 2.84 bits per heavy atom. The first kappa shape index (κ1) is 18.0. The minimum atomic E-state index is -0.146. The molecule has 0 fully saturated rings. The highest BCUT2D eigenvalue weighted by atomic mass is 35.5. The third kappa shape index (κ3) is 3.92. The quantitative estimate of drug-likeness (QED) is 0.642. The zero-order chi connectivity index (χ0) is 18.1. The summed E-state index contributed by atoms with van der Waals surface area (Å²) < 4.78 is 7.55. The molecule has 0 spiro atoms. The fourth-order valence-corrected chi connectivity index (χ4v) is 3.81. The number of likely N-dealkylation sites (N-methyl/N-ethyl adjacent to an activating group) is 1. The molecule has 8 heteroatoms. The number of halogens is 2. The number of aromatic nitrogens is 2. The van der Waals surface area contributed by atoms with Gasteiger partial charge in [-0.3, -0.25) is 9.20 Å². The number of benzene rings is 1. The maximum Gasteiger partial charge on any atom is 0.260 e. The fourth-order valence-electron chi connectivity index (χ4n) is 2.45. The second-order valence-corrected chi connectivity index (χ2v) is 7.81. The molecule has 2 aromatic heterocycles.